The number of hydrogen-bond donors (Lipinski definition) is 0. The van der Waals surface area contributed by atoms with Crippen LogP contribution in [-0.2, 0) is 0 Å². The maximum absolute atomic E-state index is 3.98. The molecule has 0 unspecified atom stereocenters. The van der Waals surface area contributed by atoms with Crippen LogP contribution in [0.15, 0.2) is 45.6 Å². The van der Waals surface area contributed by atoms with Crippen molar-refractivity contribution in [1.29, 1.82) is 0 Å². The molecule has 0 radical (unpaired) electrons. The average Bonchev–Trinajstić information content (AvgIpc) is 2.01. The van der Waals surface area contributed by atoms with Gasteiger partial charge in [-0.25, -0.2) is 0 Å². The Kier molecular flexibility index (Phi) is 3.87. The minimum absolute atomic E-state index is 1.18. The first-order valence-electron chi connectivity index (χ1n) is 3.60. The fourth-order valence-corrected chi connectivity index (χ4v) is 4.81. The van der Waals surface area contributed by atoms with Crippen LogP contribution in [-0.4, -0.2) is 18.4 Å². The van der Waals surface area contributed by atoms with Gasteiger partial charge in [0.15, 0.2) is 0 Å². The first-order chi connectivity index (χ1) is 4.96. The summed E-state index contributed by atoms with van der Waals surface area (Å²) in [5.74, 6) is 0. The van der Waals surface area contributed by atoms with Crippen molar-refractivity contribution < 1.29 is 0 Å². The van der Waals surface area contributed by atoms with Gasteiger partial charge in [-0.15, -0.1) is 0 Å². The van der Waals surface area contributed by atoms with Gasteiger partial charge in [0.2, 0.25) is 0 Å². The van der Waals surface area contributed by atoms with E-state index in [0.29, 0.717) is 0 Å². The van der Waals surface area contributed by atoms with E-state index >= 15 is 0 Å². The Labute approximate surface area is 73.9 Å². The van der Waals surface area contributed by atoms with Crippen LogP contribution in [0.2, 0.25) is 9.88 Å². The Balaban J connectivity index is 4.70. The van der Waals surface area contributed by atoms with Crippen LogP contribution < -0.4 is 0 Å². The van der Waals surface area contributed by atoms with E-state index in [1.807, 2.05) is 12.2 Å². The standard InChI is InChI=1S/2C4H5.2CH3.Sn/c2*1-3-4-2;;;/h2*3H,1-2H2;2*1H3;. The van der Waals surface area contributed by atoms with Crippen molar-refractivity contribution in [1.82, 2.24) is 0 Å². The molecule has 60 valence electrons. The van der Waals surface area contributed by atoms with Gasteiger partial charge in [0.05, 0.1) is 0 Å². The molecule has 0 aromatic carbocycles. The number of hydrogen-bond acceptors (Lipinski definition) is 0. The molecular formula is C10H16Sn. The van der Waals surface area contributed by atoms with Gasteiger partial charge in [-0.2, -0.15) is 0 Å². The van der Waals surface area contributed by atoms with Gasteiger partial charge >= 0.3 is 73.9 Å². The van der Waals surface area contributed by atoms with Crippen molar-refractivity contribution in [3.63, 3.8) is 0 Å². The fraction of sp³-hybridized carbons (Fsp3) is 0.200. The molecule has 11 heavy (non-hydrogen) atoms. The second kappa shape index (κ2) is 3.95. The summed E-state index contributed by atoms with van der Waals surface area (Å²) in [4.78, 5) is 4.53. The van der Waals surface area contributed by atoms with Gasteiger partial charge in [0.25, 0.3) is 0 Å². The monoisotopic (exact) mass is 256 g/mol. The Morgan fingerprint density at radius 1 is 1.00 bits per heavy atom. The predicted octanol–water partition coefficient (Wildman–Crippen LogP) is 3.26. The SMILES string of the molecule is C=C[C](=C)[Sn]([CH3])([CH3])[C](=C)C=C. The van der Waals surface area contributed by atoms with E-state index in [4.69, 9.17) is 0 Å². The zero-order valence-electron chi connectivity index (χ0n) is 7.48. The van der Waals surface area contributed by atoms with Gasteiger partial charge in [-0.1, -0.05) is 0 Å². The second-order valence-electron chi connectivity index (χ2n) is 3.08. The molecular weight excluding hydrogens is 239 g/mol. The molecule has 0 saturated heterocycles. The van der Waals surface area contributed by atoms with Crippen molar-refractivity contribution in [2.24, 2.45) is 0 Å². The molecule has 0 spiro atoms. The average molecular weight is 255 g/mol. The van der Waals surface area contributed by atoms with Crippen LogP contribution >= 0.6 is 0 Å². The molecule has 0 rings (SSSR count). The second-order valence-corrected chi connectivity index (χ2v) is 16.0. The van der Waals surface area contributed by atoms with E-state index in [-0.39, 0.29) is 0 Å². The molecule has 0 heterocycles. The predicted molar refractivity (Wildman–Crippen MR) is 56.2 cm³/mol. The Bertz CT molecular complexity index is 187. The summed E-state index contributed by atoms with van der Waals surface area (Å²) in [6, 6.07) is 0. The first-order valence-corrected chi connectivity index (χ1v) is 12.2. The zero-order valence-corrected chi connectivity index (χ0v) is 10.3. The summed E-state index contributed by atoms with van der Waals surface area (Å²) < 4.78 is 2.37. The summed E-state index contributed by atoms with van der Waals surface area (Å²) >= 11 is -2.27. The number of allylic oxidation sites excluding steroid dienone is 4. The van der Waals surface area contributed by atoms with E-state index in [2.05, 4.69) is 36.2 Å². The van der Waals surface area contributed by atoms with Crippen molar-refractivity contribution in [2.45, 2.75) is 9.88 Å². The third-order valence-electron chi connectivity index (χ3n) is 2.10. The molecule has 1 heteroatoms. The zero-order chi connectivity index (χ0) is 9.07. The van der Waals surface area contributed by atoms with Gasteiger partial charge in [-0.05, 0) is 0 Å². The van der Waals surface area contributed by atoms with E-state index in [1.54, 1.807) is 0 Å². The summed E-state index contributed by atoms with van der Waals surface area (Å²) in [7, 11) is 0. The third-order valence-corrected chi connectivity index (χ3v) is 12.4. The van der Waals surface area contributed by atoms with Crippen molar-refractivity contribution in [2.75, 3.05) is 0 Å². The molecule has 0 saturated carbocycles. The Hall–Kier alpha value is -0.241. The Morgan fingerprint density at radius 3 is 1.45 bits per heavy atom. The molecule has 0 aliphatic rings. The van der Waals surface area contributed by atoms with Crippen molar-refractivity contribution in [3.05, 3.63) is 45.6 Å². The fourth-order valence-electron chi connectivity index (χ4n) is 0.717. The molecule has 0 aromatic rings. The van der Waals surface area contributed by atoms with Gasteiger partial charge in [-0.3, -0.25) is 0 Å². The normalized spacial score (nSPS) is 10.4. The molecule has 0 amide bonds. The summed E-state index contributed by atoms with van der Waals surface area (Å²) in [5, 5.41) is 0. The first kappa shape index (κ1) is 10.8. The van der Waals surface area contributed by atoms with E-state index in [0.717, 1.165) is 0 Å². The summed E-state index contributed by atoms with van der Waals surface area (Å²) in [6.07, 6.45) is 3.70. The van der Waals surface area contributed by atoms with Crippen LogP contribution in [0, 0.1) is 0 Å². The van der Waals surface area contributed by atoms with E-state index < -0.39 is 18.4 Å². The van der Waals surface area contributed by atoms with Crippen LogP contribution in [0.25, 0.3) is 0 Å². The molecule has 0 aliphatic heterocycles. The van der Waals surface area contributed by atoms with Crippen LogP contribution in [0.4, 0.5) is 0 Å². The van der Waals surface area contributed by atoms with Gasteiger partial charge < -0.3 is 0 Å². The number of rotatable bonds is 4. The summed E-state index contributed by atoms with van der Waals surface area (Å²) in [5.41, 5.74) is 0. The van der Waals surface area contributed by atoms with Crippen LogP contribution in [0.1, 0.15) is 0 Å². The van der Waals surface area contributed by atoms with Crippen LogP contribution in [0.5, 0.6) is 0 Å². The molecule has 0 bridgehead atoms. The summed E-state index contributed by atoms with van der Waals surface area (Å²) in [6.45, 7) is 15.4. The minimum atomic E-state index is -2.27. The molecule has 0 nitrogen and oxygen atoms in total. The van der Waals surface area contributed by atoms with Gasteiger partial charge in [0, 0.05) is 0 Å². The molecule has 0 atom stereocenters. The topological polar surface area (TPSA) is 0 Å². The molecule has 0 aliphatic carbocycles. The van der Waals surface area contributed by atoms with Crippen molar-refractivity contribution in [3.8, 4) is 0 Å². The van der Waals surface area contributed by atoms with Crippen molar-refractivity contribution >= 4 is 18.4 Å². The van der Waals surface area contributed by atoms with Crippen LogP contribution in [0.3, 0.4) is 0 Å². The quantitative estimate of drug-likeness (QED) is 0.534. The Morgan fingerprint density at radius 2 is 1.27 bits per heavy atom. The van der Waals surface area contributed by atoms with E-state index in [9.17, 15) is 0 Å². The third kappa shape index (κ3) is 2.37. The molecule has 0 fully saturated rings. The van der Waals surface area contributed by atoms with Gasteiger partial charge in [0.1, 0.15) is 0 Å². The maximum atomic E-state index is 3.98. The molecule has 0 N–H and O–H groups in total. The molecule has 0 aromatic heterocycles. The van der Waals surface area contributed by atoms with E-state index in [1.165, 1.54) is 7.18 Å².